The minimum atomic E-state index is -4.30. The predicted octanol–water partition coefficient (Wildman–Crippen LogP) is 2.94. The van der Waals surface area contributed by atoms with Gasteiger partial charge in [-0.15, -0.1) is 0 Å². The molecular weight excluding hydrogens is 387 g/mol. The molecular formula is C21H43KO4S. The van der Waals surface area contributed by atoms with Gasteiger partial charge < -0.3 is 9.66 Å². The van der Waals surface area contributed by atoms with E-state index < -0.39 is 21.5 Å². The van der Waals surface area contributed by atoms with Crippen LogP contribution in [0.3, 0.4) is 0 Å². The van der Waals surface area contributed by atoms with Gasteiger partial charge in [0.2, 0.25) is 0 Å². The van der Waals surface area contributed by atoms with Gasteiger partial charge >= 0.3 is 51.4 Å². The normalized spacial score (nSPS) is 13.9. The fourth-order valence-electron chi connectivity index (χ4n) is 3.52. The van der Waals surface area contributed by atoms with Crippen molar-refractivity contribution in [1.29, 1.82) is 0 Å². The van der Waals surface area contributed by atoms with Gasteiger partial charge in [-0.25, -0.2) is 8.42 Å². The molecule has 0 aromatic heterocycles. The van der Waals surface area contributed by atoms with Crippen LogP contribution in [0.5, 0.6) is 0 Å². The molecule has 0 aliphatic heterocycles. The van der Waals surface area contributed by atoms with Crippen LogP contribution >= 0.6 is 0 Å². The van der Waals surface area contributed by atoms with E-state index in [-0.39, 0.29) is 57.8 Å². The van der Waals surface area contributed by atoms with Crippen LogP contribution in [0.15, 0.2) is 0 Å². The monoisotopic (exact) mass is 430 g/mol. The van der Waals surface area contributed by atoms with Crippen molar-refractivity contribution in [1.82, 2.24) is 0 Å². The van der Waals surface area contributed by atoms with Crippen LogP contribution in [0.2, 0.25) is 0 Å². The summed E-state index contributed by atoms with van der Waals surface area (Å²) >= 11 is 0. The molecule has 6 heteroatoms. The molecule has 0 aliphatic rings. The van der Waals surface area contributed by atoms with Crippen LogP contribution in [0.25, 0.3) is 0 Å². The Labute approximate surface area is 211 Å². The molecule has 0 radical (unpaired) electrons. The van der Waals surface area contributed by atoms with Crippen LogP contribution in [-0.4, -0.2) is 29.4 Å². The van der Waals surface area contributed by atoms with Crippen molar-refractivity contribution in [2.75, 3.05) is 0 Å². The second-order valence-electron chi connectivity index (χ2n) is 7.82. The number of hydrogen-bond acceptors (Lipinski definition) is 4. The fraction of sp³-hybridized carbons (Fsp3) is 1.00. The summed E-state index contributed by atoms with van der Waals surface area (Å²) in [6.07, 6.45) is 17.3. The van der Waals surface area contributed by atoms with Gasteiger partial charge in [0.25, 0.3) is 0 Å². The van der Waals surface area contributed by atoms with Gasteiger partial charge in [0.05, 0.1) is 21.5 Å². The summed E-state index contributed by atoms with van der Waals surface area (Å²) in [5.74, 6) is 0. The number of unbranched alkanes of at least 4 members (excludes halogenated alkanes) is 12. The van der Waals surface area contributed by atoms with Gasteiger partial charge in [-0.2, -0.15) is 0 Å². The van der Waals surface area contributed by atoms with Crippen molar-refractivity contribution in [2.24, 2.45) is 0 Å². The zero-order valence-corrected chi connectivity index (χ0v) is 22.2. The average Bonchev–Trinajstić information content (AvgIpc) is 2.57. The Balaban J connectivity index is 0. The van der Waals surface area contributed by atoms with Gasteiger partial charge in [0.15, 0.2) is 0 Å². The van der Waals surface area contributed by atoms with E-state index in [1.807, 2.05) is 6.92 Å². The van der Waals surface area contributed by atoms with E-state index in [1.165, 1.54) is 64.2 Å². The molecule has 0 saturated heterocycles. The third-order valence-electron chi connectivity index (χ3n) is 5.19. The van der Waals surface area contributed by atoms with Crippen molar-refractivity contribution in [3.8, 4) is 0 Å². The minimum absolute atomic E-state index is 0. The molecule has 2 unspecified atom stereocenters. The van der Waals surface area contributed by atoms with Crippen LogP contribution < -0.4 is 51.4 Å². The summed E-state index contributed by atoms with van der Waals surface area (Å²) in [6.45, 7) is 4.19. The minimum Gasteiger partial charge on any atom is -0.748 e. The van der Waals surface area contributed by atoms with Crippen LogP contribution in [0, 0.1) is 0 Å². The Kier molecular flexibility index (Phi) is 23.6. The number of aliphatic hydroxyl groups is 1. The Morgan fingerprint density at radius 2 is 1.11 bits per heavy atom. The molecule has 158 valence electrons. The average molecular weight is 431 g/mol. The molecule has 4 nitrogen and oxygen atoms in total. The van der Waals surface area contributed by atoms with Crippen LogP contribution in [-0.2, 0) is 10.1 Å². The summed E-state index contributed by atoms with van der Waals surface area (Å²) in [7, 11) is -4.30. The molecule has 1 N–H and O–H groups in total. The Morgan fingerprint density at radius 1 is 0.704 bits per heavy atom. The molecule has 0 bridgehead atoms. The summed E-state index contributed by atoms with van der Waals surface area (Å²) in [4.78, 5) is 0. The van der Waals surface area contributed by atoms with Crippen LogP contribution in [0.4, 0.5) is 0 Å². The first-order valence-electron chi connectivity index (χ1n) is 11.0. The van der Waals surface area contributed by atoms with Crippen molar-refractivity contribution in [3.63, 3.8) is 0 Å². The summed E-state index contributed by atoms with van der Waals surface area (Å²) < 4.78 is 34.1. The Morgan fingerprint density at radius 3 is 1.48 bits per heavy atom. The van der Waals surface area contributed by atoms with Crippen molar-refractivity contribution in [3.05, 3.63) is 0 Å². The van der Waals surface area contributed by atoms with E-state index in [2.05, 4.69) is 6.92 Å². The molecule has 27 heavy (non-hydrogen) atoms. The van der Waals surface area contributed by atoms with E-state index >= 15 is 0 Å². The summed E-state index contributed by atoms with van der Waals surface area (Å²) in [5, 5.41) is 8.86. The summed E-state index contributed by atoms with van der Waals surface area (Å²) in [6, 6.07) is 0. The van der Waals surface area contributed by atoms with Crippen molar-refractivity contribution < 1.29 is 69.5 Å². The van der Waals surface area contributed by atoms with Gasteiger partial charge in [-0.05, 0) is 19.3 Å². The third kappa shape index (κ3) is 20.6. The first-order chi connectivity index (χ1) is 12.4. The van der Waals surface area contributed by atoms with Gasteiger partial charge in [-0.3, -0.25) is 0 Å². The molecule has 2 atom stereocenters. The molecule has 0 heterocycles. The second kappa shape index (κ2) is 20.8. The first kappa shape index (κ1) is 30.7. The standard InChI is InChI=1S/C21H44O4S.K/c1-3-5-6-7-8-9-10-11-12-13-14-15-16-18-21(26(23,24)25)19-20(22)17-4-2;/h20-22H,3-19H2,1-2H3,(H,23,24,25);/q;+1/p-1. The zero-order valence-electron chi connectivity index (χ0n) is 18.3. The molecule has 0 fully saturated rings. The predicted molar refractivity (Wildman–Crippen MR) is 109 cm³/mol. The van der Waals surface area contributed by atoms with Crippen LogP contribution in [0.1, 0.15) is 123 Å². The van der Waals surface area contributed by atoms with Crippen molar-refractivity contribution in [2.45, 2.75) is 134 Å². The zero-order chi connectivity index (χ0) is 19.7. The SMILES string of the molecule is CCCCCCCCCCCCCCCC(CC(O)CCC)S(=O)(=O)[O-].[K+]. The topological polar surface area (TPSA) is 77.4 Å². The van der Waals surface area contributed by atoms with Gasteiger partial charge in [0.1, 0.15) is 0 Å². The largest absolute Gasteiger partial charge is 1.00 e. The van der Waals surface area contributed by atoms with Gasteiger partial charge in [0, 0.05) is 0 Å². The van der Waals surface area contributed by atoms with E-state index in [9.17, 15) is 18.1 Å². The van der Waals surface area contributed by atoms with E-state index in [0.29, 0.717) is 12.8 Å². The second-order valence-corrected chi connectivity index (χ2v) is 9.48. The first-order valence-corrected chi connectivity index (χ1v) is 12.5. The van der Waals surface area contributed by atoms with Crippen molar-refractivity contribution >= 4 is 10.1 Å². The Hall–Kier alpha value is 1.51. The molecule has 0 saturated carbocycles. The number of aliphatic hydroxyl groups excluding tert-OH is 1. The molecule has 0 aliphatic carbocycles. The fourth-order valence-corrected chi connectivity index (χ4v) is 4.44. The molecule has 0 rings (SSSR count). The van der Waals surface area contributed by atoms with Gasteiger partial charge in [-0.1, -0.05) is 104 Å². The maximum Gasteiger partial charge on any atom is 1.00 e. The molecule has 0 amide bonds. The molecule has 0 aromatic carbocycles. The van der Waals surface area contributed by atoms with E-state index in [1.54, 1.807) is 0 Å². The number of hydrogen-bond donors (Lipinski definition) is 1. The summed E-state index contributed by atoms with van der Waals surface area (Å²) in [5.41, 5.74) is 0. The molecule has 0 spiro atoms. The molecule has 0 aromatic rings. The Bertz CT molecular complexity index is 401. The smallest absolute Gasteiger partial charge is 0.748 e. The third-order valence-corrected chi connectivity index (χ3v) is 6.44. The van der Waals surface area contributed by atoms with E-state index in [4.69, 9.17) is 0 Å². The quantitative estimate of drug-likeness (QED) is 0.194. The van der Waals surface area contributed by atoms with E-state index in [0.717, 1.165) is 25.7 Å². The maximum absolute atomic E-state index is 11.4. The maximum atomic E-state index is 11.4. The number of rotatable bonds is 19.